The van der Waals surface area contributed by atoms with Gasteiger partial charge in [0.15, 0.2) is 0 Å². The fraction of sp³-hybridized carbons (Fsp3) is 0.357. The molecule has 0 bridgehead atoms. The zero-order valence-corrected chi connectivity index (χ0v) is 9.49. The standard InChI is InChI=1S/C14H16O2/c1-12-5-7-13(8-6-12)9-10-14(16)4-2-3-11-15/h5-8,15H,2-4,11H2,1H3. The van der Waals surface area contributed by atoms with Crippen LogP contribution in [-0.4, -0.2) is 17.5 Å². The summed E-state index contributed by atoms with van der Waals surface area (Å²) < 4.78 is 0. The lowest BCUT2D eigenvalue weighted by Gasteiger charge is -1.92. The maximum atomic E-state index is 11.3. The number of rotatable bonds is 4. The van der Waals surface area contributed by atoms with E-state index >= 15 is 0 Å². The highest BCUT2D eigenvalue weighted by Gasteiger charge is 1.95. The molecule has 0 amide bonds. The van der Waals surface area contributed by atoms with Crippen molar-refractivity contribution in [3.05, 3.63) is 35.4 Å². The van der Waals surface area contributed by atoms with Gasteiger partial charge >= 0.3 is 0 Å². The molecule has 1 aromatic rings. The van der Waals surface area contributed by atoms with Gasteiger partial charge in [-0.15, -0.1) is 0 Å². The number of benzene rings is 1. The third-order valence-electron chi connectivity index (χ3n) is 2.21. The second kappa shape index (κ2) is 6.81. The number of carbonyl (C=O) groups is 1. The van der Waals surface area contributed by atoms with Gasteiger partial charge in [-0.1, -0.05) is 23.6 Å². The second-order valence-corrected chi connectivity index (χ2v) is 3.72. The Morgan fingerprint density at radius 1 is 1.25 bits per heavy atom. The quantitative estimate of drug-likeness (QED) is 0.618. The van der Waals surface area contributed by atoms with Crippen LogP contribution in [0.4, 0.5) is 0 Å². The van der Waals surface area contributed by atoms with Gasteiger partial charge in [0, 0.05) is 18.6 Å². The van der Waals surface area contributed by atoms with E-state index in [1.54, 1.807) is 0 Å². The second-order valence-electron chi connectivity index (χ2n) is 3.72. The molecule has 0 atom stereocenters. The Morgan fingerprint density at radius 3 is 2.56 bits per heavy atom. The Morgan fingerprint density at radius 2 is 1.94 bits per heavy atom. The highest BCUT2D eigenvalue weighted by Crippen LogP contribution is 2.01. The number of hydrogen-bond acceptors (Lipinski definition) is 2. The molecule has 2 nitrogen and oxygen atoms in total. The summed E-state index contributed by atoms with van der Waals surface area (Å²) in [6.07, 6.45) is 1.80. The van der Waals surface area contributed by atoms with Crippen molar-refractivity contribution in [2.24, 2.45) is 0 Å². The van der Waals surface area contributed by atoms with Crippen molar-refractivity contribution in [1.82, 2.24) is 0 Å². The van der Waals surface area contributed by atoms with Crippen LogP contribution in [0.1, 0.15) is 30.4 Å². The first-order valence-electron chi connectivity index (χ1n) is 5.45. The fourth-order valence-corrected chi connectivity index (χ4v) is 1.24. The van der Waals surface area contributed by atoms with Crippen molar-refractivity contribution in [2.75, 3.05) is 6.61 Å². The minimum Gasteiger partial charge on any atom is -0.396 e. The van der Waals surface area contributed by atoms with Crippen LogP contribution in [-0.2, 0) is 4.79 Å². The van der Waals surface area contributed by atoms with Gasteiger partial charge in [-0.25, -0.2) is 0 Å². The van der Waals surface area contributed by atoms with Crippen LogP contribution in [0.15, 0.2) is 24.3 Å². The van der Waals surface area contributed by atoms with E-state index in [-0.39, 0.29) is 12.4 Å². The topological polar surface area (TPSA) is 37.3 Å². The van der Waals surface area contributed by atoms with Gasteiger partial charge in [-0.05, 0) is 37.8 Å². The van der Waals surface area contributed by atoms with E-state index in [1.165, 1.54) is 5.56 Å². The van der Waals surface area contributed by atoms with Crippen molar-refractivity contribution in [1.29, 1.82) is 0 Å². The van der Waals surface area contributed by atoms with Crippen LogP contribution in [0.5, 0.6) is 0 Å². The molecule has 1 N–H and O–H groups in total. The lowest BCUT2D eigenvalue weighted by atomic mass is 10.1. The number of hydrogen-bond donors (Lipinski definition) is 1. The SMILES string of the molecule is Cc1ccc(C#CC(=O)CCCCO)cc1. The Hall–Kier alpha value is -1.59. The molecule has 2 heteroatoms. The van der Waals surface area contributed by atoms with Crippen LogP contribution in [0.3, 0.4) is 0 Å². The number of unbranched alkanes of at least 4 members (excludes halogenated alkanes) is 1. The molecule has 0 spiro atoms. The summed E-state index contributed by atoms with van der Waals surface area (Å²) in [5, 5.41) is 8.57. The number of aliphatic hydroxyl groups excluding tert-OH is 1. The summed E-state index contributed by atoms with van der Waals surface area (Å²) in [6.45, 7) is 2.15. The lowest BCUT2D eigenvalue weighted by molar-refractivity contribution is -0.113. The number of aliphatic hydroxyl groups is 1. The number of carbonyl (C=O) groups excluding carboxylic acids is 1. The Kier molecular flexibility index (Phi) is 5.31. The first-order chi connectivity index (χ1) is 7.72. The molecule has 0 fully saturated rings. The van der Waals surface area contributed by atoms with Crippen molar-refractivity contribution in [2.45, 2.75) is 26.2 Å². The molecule has 0 aliphatic rings. The van der Waals surface area contributed by atoms with Crippen LogP contribution < -0.4 is 0 Å². The van der Waals surface area contributed by atoms with Crippen molar-refractivity contribution < 1.29 is 9.90 Å². The van der Waals surface area contributed by atoms with Gasteiger partial charge in [0.2, 0.25) is 5.78 Å². The molecular weight excluding hydrogens is 200 g/mol. The van der Waals surface area contributed by atoms with Gasteiger partial charge in [-0.2, -0.15) is 0 Å². The molecule has 0 heterocycles. The van der Waals surface area contributed by atoms with E-state index in [9.17, 15) is 4.79 Å². The average molecular weight is 216 g/mol. The molecule has 0 saturated heterocycles. The van der Waals surface area contributed by atoms with E-state index in [2.05, 4.69) is 11.8 Å². The number of aryl methyl sites for hydroxylation is 1. The van der Waals surface area contributed by atoms with Gasteiger partial charge < -0.3 is 5.11 Å². The largest absolute Gasteiger partial charge is 0.396 e. The Bertz CT molecular complexity index is 393. The van der Waals surface area contributed by atoms with Gasteiger partial charge in [0.25, 0.3) is 0 Å². The van der Waals surface area contributed by atoms with Gasteiger partial charge in [-0.3, -0.25) is 4.79 Å². The summed E-state index contributed by atoms with van der Waals surface area (Å²) in [7, 11) is 0. The van der Waals surface area contributed by atoms with Gasteiger partial charge in [0.05, 0.1) is 0 Å². The third kappa shape index (κ3) is 4.77. The highest BCUT2D eigenvalue weighted by atomic mass is 16.2. The summed E-state index contributed by atoms with van der Waals surface area (Å²) in [6, 6.07) is 7.76. The summed E-state index contributed by atoms with van der Waals surface area (Å²) in [5.74, 6) is 5.38. The van der Waals surface area contributed by atoms with Crippen LogP contribution >= 0.6 is 0 Å². The molecule has 0 radical (unpaired) electrons. The van der Waals surface area contributed by atoms with Crippen LogP contribution in [0.2, 0.25) is 0 Å². The monoisotopic (exact) mass is 216 g/mol. The number of ketones is 1. The fourth-order valence-electron chi connectivity index (χ4n) is 1.24. The van der Waals surface area contributed by atoms with Crippen LogP contribution in [0.25, 0.3) is 0 Å². The minimum absolute atomic E-state index is 0.0611. The molecule has 1 rings (SSSR count). The molecule has 84 valence electrons. The molecule has 0 unspecified atom stereocenters. The van der Waals surface area contributed by atoms with E-state index in [1.807, 2.05) is 31.2 Å². The van der Waals surface area contributed by atoms with Crippen molar-refractivity contribution in [3.63, 3.8) is 0 Å². The first-order valence-corrected chi connectivity index (χ1v) is 5.45. The molecule has 16 heavy (non-hydrogen) atoms. The minimum atomic E-state index is -0.0611. The zero-order valence-electron chi connectivity index (χ0n) is 9.49. The van der Waals surface area contributed by atoms with Crippen LogP contribution in [0, 0.1) is 18.8 Å². The molecule has 0 aromatic heterocycles. The van der Waals surface area contributed by atoms with E-state index in [0.717, 1.165) is 5.56 Å². The third-order valence-corrected chi connectivity index (χ3v) is 2.21. The summed E-state index contributed by atoms with van der Waals surface area (Å²) in [5.41, 5.74) is 2.04. The molecular formula is C14H16O2. The zero-order chi connectivity index (χ0) is 11.8. The molecule has 0 aliphatic carbocycles. The highest BCUT2D eigenvalue weighted by molar-refractivity contribution is 5.95. The maximum absolute atomic E-state index is 11.3. The van der Waals surface area contributed by atoms with E-state index in [0.29, 0.717) is 19.3 Å². The molecule has 0 saturated carbocycles. The Labute approximate surface area is 96.3 Å². The first kappa shape index (κ1) is 12.5. The molecule has 0 aliphatic heterocycles. The van der Waals surface area contributed by atoms with E-state index in [4.69, 9.17) is 5.11 Å². The molecule has 1 aromatic carbocycles. The predicted octanol–water partition coefficient (Wildman–Crippen LogP) is 2.08. The summed E-state index contributed by atoms with van der Waals surface area (Å²) >= 11 is 0. The van der Waals surface area contributed by atoms with E-state index < -0.39 is 0 Å². The average Bonchev–Trinajstić information content (AvgIpc) is 2.29. The lowest BCUT2D eigenvalue weighted by Crippen LogP contribution is -1.94. The maximum Gasteiger partial charge on any atom is 0.205 e. The smallest absolute Gasteiger partial charge is 0.205 e. The predicted molar refractivity (Wildman–Crippen MR) is 64.0 cm³/mol. The summed E-state index contributed by atoms with van der Waals surface area (Å²) in [4.78, 5) is 11.3. The number of Topliss-reactive ketones (excluding diaryl/α,β-unsaturated/α-hetero) is 1. The normalized spacial score (nSPS) is 9.38. The van der Waals surface area contributed by atoms with Crippen molar-refractivity contribution >= 4 is 5.78 Å². The Balaban J connectivity index is 2.47. The van der Waals surface area contributed by atoms with Gasteiger partial charge in [0.1, 0.15) is 0 Å². The van der Waals surface area contributed by atoms with Crippen molar-refractivity contribution in [3.8, 4) is 11.8 Å².